The zero-order valence-corrected chi connectivity index (χ0v) is 18.1. The van der Waals surface area contributed by atoms with Crippen molar-refractivity contribution in [2.24, 2.45) is 12.0 Å². The molecule has 0 bridgehead atoms. The van der Waals surface area contributed by atoms with E-state index in [0.717, 1.165) is 35.9 Å². The Hall–Kier alpha value is -3.07. The summed E-state index contributed by atoms with van der Waals surface area (Å²) in [4.78, 5) is 18.4. The highest BCUT2D eigenvalue weighted by atomic mass is 16.5. The topological polar surface area (TPSA) is 95.8 Å². The van der Waals surface area contributed by atoms with E-state index in [4.69, 9.17) is 4.74 Å². The number of carbonyl (C=O) groups is 1. The number of rotatable bonds is 5. The molecule has 3 rings (SSSR count). The van der Waals surface area contributed by atoms with Crippen LogP contribution in [0.5, 0.6) is 0 Å². The number of hydrogen-bond acceptors (Lipinski definition) is 4. The van der Waals surface area contributed by atoms with Gasteiger partial charge in [0.1, 0.15) is 6.10 Å². The molecule has 0 aliphatic carbocycles. The molecule has 1 fully saturated rings. The van der Waals surface area contributed by atoms with Crippen LogP contribution in [0.25, 0.3) is 0 Å². The number of aryl methyl sites for hydroxylation is 1. The van der Waals surface area contributed by atoms with Gasteiger partial charge < -0.3 is 25.6 Å². The van der Waals surface area contributed by atoms with Crippen LogP contribution >= 0.6 is 0 Å². The first kappa shape index (κ1) is 21.6. The second-order valence-corrected chi connectivity index (χ2v) is 7.60. The third-order valence-electron chi connectivity index (χ3n) is 4.76. The number of anilines is 1. The number of benzene rings is 1. The first-order valence-electron chi connectivity index (χ1n) is 10.2. The van der Waals surface area contributed by atoms with E-state index in [9.17, 15) is 4.79 Å². The standard InChI is InChI=1S/C21H31N7O2/c1-15(2)25-21(29)26-18-7-5-16(6-8-18)11-23-20(22-3)28-9-10-30-19(14-28)17-12-24-27(4)13-17/h5-8,12-13,15,19H,9-11,14H2,1-4H3,(H,22,23)(H2,25,26,29). The zero-order chi connectivity index (χ0) is 21.5. The summed E-state index contributed by atoms with van der Waals surface area (Å²) in [5.74, 6) is 0.839. The summed E-state index contributed by atoms with van der Waals surface area (Å²) < 4.78 is 7.70. The van der Waals surface area contributed by atoms with Gasteiger partial charge >= 0.3 is 6.03 Å². The Labute approximate surface area is 177 Å². The van der Waals surface area contributed by atoms with Gasteiger partial charge in [0.25, 0.3) is 0 Å². The van der Waals surface area contributed by atoms with Gasteiger partial charge in [0.15, 0.2) is 5.96 Å². The molecule has 30 heavy (non-hydrogen) atoms. The van der Waals surface area contributed by atoms with Gasteiger partial charge in [0, 0.05) is 50.7 Å². The molecule has 9 nitrogen and oxygen atoms in total. The maximum Gasteiger partial charge on any atom is 0.319 e. The molecule has 1 aliphatic heterocycles. The average Bonchev–Trinajstić information content (AvgIpc) is 3.16. The van der Waals surface area contributed by atoms with E-state index in [2.05, 4.69) is 30.9 Å². The lowest BCUT2D eigenvalue weighted by atomic mass is 10.1. The van der Waals surface area contributed by atoms with Crippen molar-refractivity contribution in [3.63, 3.8) is 0 Å². The number of ether oxygens (including phenoxy) is 1. The number of morpholine rings is 1. The van der Waals surface area contributed by atoms with Crippen molar-refractivity contribution < 1.29 is 9.53 Å². The van der Waals surface area contributed by atoms with E-state index >= 15 is 0 Å². The van der Waals surface area contributed by atoms with Crippen LogP contribution < -0.4 is 16.0 Å². The first-order chi connectivity index (χ1) is 14.4. The minimum atomic E-state index is -0.202. The maximum absolute atomic E-state index is 11.8. The largest absolute Gasteiger partial charge is 0.370 e. The number of nitrogens with zero attached hydrogens (tertiary/aromatic N) is 4. The number of carbonyl (C=O) groups excluding carboxylic acids is 1. The quantitative estimate of drug-likeness (QED) is 0.515. The Kier molecular flexibility index (Phi) is 7.29. The van der Waals surface area contributed by atoms with Gasteiger partial charge in [-0.25, -0.2) is 4.79 Å². The van der Waals surface area contributed by atoms with E-state index in [0.29, 0.717) is 13.2 Å². The van der Waals surface area contributed by atoms with Crippen LogP contribution in [0, 0.1) is 0 Å². The highest BCUT2D eigenvalue weighted by molar-refractivity contribution is 5.89. The molecule has 1 unspecified atom stereocenters. The van der Waals surface area contributed by atoms with Crippen LogP contribution in [0.3, 0.4) is 0 Å². The predicted molar refractivity (Wildman–Crippen MR) is 117 cm³/mol. The maximum atomic E-state index is 11.8. The fourth-order valence-corrected chi connectivity index (χ4v) is 3.30. The van der Waals surface area contributed by atoms with Crippen molar-refractivity contribution >= 4 is 17.7 Å². The fourth-order valence-electron chi connectivity index (χ4n) is 3.30. The summed E-state index contributed by atoms with van der Waals surface area (Å²) in [6, 6.07) is 7.66. The first-order valence-corrected chi connectivity index (χ1v) is 10.2. The number of nitrogens with one attached hydrogen (secondary N) is 3. The van der Waals surface area contributed by atoms with Gasteiger partial charge in [-0.1, -0.05) is 12.1 Å². The third-order valence-corrected chi connectivity index (χ3v) is 4.76. The Morgan fingerprint density at radius 1 is 1.33 bits per heavy atom. The second kappa shape index (κ2) is 10.1. The number of urea groups is 1. The van der Waals surface area contributed by atoms with Crippen LogP contribution in [0.2, 0.25) is 0 Å². The minimum Gasteiger partial charge on any atom is -0.370 e. The molecule has 3 N–H and O–H groups in total. The lowest BCUT2D eigenvalue weighted by Gasteiger charge is -2.34. The molecule has 0 spiro atoms. The van der Waals surface area contributed by atoms with Crippen molar-refractivity contribution in [1.82, 2.24) is 25.3 Å². The van der Waals surface area contributed by atoms with Crippen LogP contribution in [0.1, 0.15) is 31.1 Å². The van der Waals surface area contributed by atoms with Gasteiger partial charge in [-0.15, -0.1) is 0 Å². The Bertz CT molecular complexity index is 860. The molecule has 1 aromatic carbocycles. The third kappa shape index (κ3) is 5.96. The molecule has 9 heteroatoms. The molecular weight excluding hydrogens is 382 g/mol. The molecule has 2 amide bonds. The molecule has 1 aromatic heterocycles. The fraction of sp³-hybridized carbons (Fsp3) is 0.476. The van der Waals surface area contributed by atoms with Crippen molar-refractivity contribution in [2.45, 2.75) is 32.5 Å². The summed E-state index contributed by atoms with van der Waals surface area (Å²) in [6.07, 6.45) is 3.82. The van der Waals surface area contributed by atoms with Gasteiger partial charge in [0.2, 0.25) is 0 Å². The van der Waals surface area contributed by atoms with E-state index < -0.39 is 0 Å². The van der Waals surface area contributed by atoms with Crippen molar-refractivity contribution in [3.05, 3.63) is 47.8 Å². The smallest absolute Gasteiger partial charge is 0.319 e. The van der Waals surface area contributed by atoms with Crippen molar-refractivity contribution in [2.75, 3.05) is 32.1 Å². The van der Waals surface area contributed by atoms with Crippen LogP contribution in [-0.4, -0.2) is 59.5 Å². The highest BCUT2D eigenvalue weighted by Crippen LogP contribution is 2.21. The number of aromatic nitrogens is 2. The summed E-state index contributed by atoms with van der Waals surface area (Å²) in [5.41, 5.74) is 2.93. The normalized spacial score (nSPS) is 17.2. The number of aliphatic imine (C=N–C) groups is 1. The lowest BCUT2D eigenvalue weighted by molar-refractivity contribution is -0.00805. The SMILES string of the molecule is CN=C(NCc1ccc(NC(=O)NC(C)C)cc1)N1CCOC(c2cnn(C)c2)C1. The number of guanidine groups is 1. The lowest BCUT2D eigenvalue weighted by Crippen LogP contribution is -2.47. The van der Waals surface area contributed by atoms with Gasteiger partial charge in [-0.05, 0) is 31.5 Å². The van der Waals surface area contributed by atoms with Gasteiger partial charge in [-0.3, -0.25) is 9.67 Å². The Balaban J connectivity index is 1.53. The van der Waals surface area contributed by atoms with Gasteiger partial charge in [-0.2, -0.15) is 5.10 Å². The molecule has 1 aliphatic rings. The molecule has 1 saturated heterocycles. The Morgan fingerprint density at radius 2 is 2.10 bits per heavy atom. The molecule has 0 radical (unpaired) electrons. The average molecular weight is 414 g/mol. The van der Waals surface area contributed by atoms with Crippen LogP contribution in [0.4, 0.5) is 10.5 Å². The van der Waals surface area contributed by atoms with Crippen LogP contribution in [0.15, 0.2) is 41.7 Å². The molecule has 2 heterocycles. The summed E-state index contributed by atoms with van der Waals surface area (Å²) in [7, 11) is 3.69. The van der Waals surface area contributed by atoms with E-state index in [1.54, 1.807) is 11.7 Å². The predicted octanol–water partition coefficient (Wildman–Crippen LogP) is 2.10. The van der Waals surface area contributed by atoms with Crippen molar-refractivity contribution in [3.8, 4) is 0 Å². The number of amides is 2. The molecular formula is C21H31N7O2. The van der Waals surface area contributed by atoms with Crippen LogP contribution in [-0.2, 0) is 18.3 Å². The monoisotopic (exact) mass is 413 g/mol. The number of hydrogen-bond donors (Lipinski definition) is 3. The van der Waals surface area contributed by atoms with E-state index in [-0.39, 0.29) is 18.2 Å². The molecule has 162 valence electrons. The molecule has 0 saturated carbocycles. The Morgan fingerprint density at radius 3 is 2.73 bits per heavy atom. The van der Waals surface area contributed by atoms with Crippen molar-refractivity contribution in [1.29, 1.82) is 0 Å². The summed E-state index contributed by atoms with van der Waals surface area (Å²) in [5, 5.41) is 13.3. The molecule has 1 atom stereocenters. The highest BCUT2D eigenvalue weighted by Gasteiger charge is 2.25. The summed E-state index contributed by atoms with van der Waals surface area (Å²) in [6.45, 7) is 6.63. The zero-order valence-electron chi connectivity index (χ0n) is 18.1. The molecule has 2 aromatic rings. The second-order valence-electron chi connectivity index (χ2n) is 7.60. The van der Waals surface area contributed by atoms with Gasteiger partial charge in [0.05, 0.1) is 19.3 Å². The minimum absolute atomic E-state index is 0.0201. The van der Waals surface area contributed by atoms with E-state index in [1.807, 2.05) is 57.6 Å². The van der Waals surface area contributed by atoms with E-state index in [1.165, 1.54) is 0 Å². The summed E-state index contributed by atoms with van der Waals surface area (Å²) >= 11 is 0.